The minimum absolute atomic E-state index is 0.0469. The molecule has 8 heteroatoms. The maximum absolute atomic E-state index is 12.9. The van der Waals surface area contributed by atoms with Gasteiger partial charge in [0.05, 0.1) is 29.9 Å². The van der Waals surface area contributed by atoms with E-state index in [9.17, 15) is 8.42 Å². The van der Waals surface area contributed by atoms with Crippen molar-refractivity contribution in [2.75, 3.05) is 44.3 Å². The number of hydrogen-bond donors (Lipinski definition) is 0. The molecular formula is C21H26N4O3S. The van der Waals surface area contributed by atoms with Gasteiger partial charge in [-0.1, -0.05) is 29.8 Å². The van der Waals surface area contributed by atoms with E-state index in [1.807, 2.05) is 0 Å². The molecule has 1 aromatic carbocycles. The van der Waals surface area contributed by atoms with Crippen LogP contribution in [0.4, 0.5) is 5.95 Å². The van der Waals surface area contributed by atoms with Crippen LogP contribution in [-0.4, -0.2) is 67.9 Å². The summed E-state index contributed by atoms with van der Waals surface area (Å²) in [4.78, 5) is 13.7. The Bertz CT molecular complexity index is 1000. The van der Waals surface area contributed by atoms with Crippen LogP contribution in [0.15, 0.2) is 30.5 Å². The predicted octanol–water partition coefficient (Wildman–Crippen LogP) is 1.52. The number of likely N-dealkylation sites (tertiary alicyclic amines) is 1. The number of nitrogens with zero attached hydrogens (tertiary/aromatic N) is 4. The molecule has 1 aromatic heterocycles. The standard InChI is InChI=1S/C21H26N4O3S/c1-15-2-4-16(5-3-15)11-24-12-18-19(13-24)29(26,27)14-17-10-22-21(23-20(17)18)25-6-8-28-9-7-25/h2-5,10,18-19H,6-9,11-14H2,1H3/t18-,19+/m0/s1. The van der Waals surface area contributed by atoms with Crippen molar-refractivity contribution in [3.05, 3.63) is 52.8 Å². The molecule has 5 rings (SSSR count). The number of aryl methyl sites for hydroxylation is 1. The number of aromatic nitrogens is 2. The normalized spacial score (nSPS) is 26.2. The van der Waals surface area contributed by atoms with Crippen molar-refractivity contribution >= 4 is 15.8 Å². The van der Waals surface area contributed by atoms with Gasteiger partial charge in [-0.3, -0.25) is 4.90 Å². The van der Waals surface area contributed by atoms with Crippen LogP contribution < -0.4 is 4.90 Å². The van der Waals surface area contributed by atoms with Crippen LogP contribution in [0.1, 0.15) is 28.3 Å². The quantitative estimate of drug-likeness (QED) is 0.754. The van der Waals surface area contributed by atoms with E-state index in [0.29, 0.717) is 32.3 Å². The van der Waals surface area contributed by atoms with Crippen molar-refractivity contribution in [2.45, 2.75) is 30.4 Å². The van der Waals surface area contributed by atoms with Gasteiger partial charge in [0.25, 0.3) is 0 Å². The van der Waals surface area contributed by atoms with Crippen LogP contribution in [0.5, 0.6) is 0 Å². The monoisotopic (exact) mass is 414 g/mol. The molecule has 2 atom stereocenters. The SMILES string of the molecule is Cc1ccc(CN2C[C@@H]3c4nc(N5CCOCC5)ncc4CS(=O)(=O)[C@@H]3C2)cc1. The summed E-state index contributed by atoms with van der Waals surface area (Å²) >= 11 is 0. The highest BCUT2D eigenvalue weighted by molar-refractivity contribution is 7.91. The second-order valence-electron chi connectivity index (χ2n) is 8.31. The van der Waals surface area contributed by atoms with Gasteiger partial charge >= 0.3 is 0 Å². The first-order chi connectivity index (χ1) is 14.0. The Balaban J connectivity index is 1.43. The zero-order chi connectivity index (χ0) is 20.0. The van der Waals surface area contributed by atoms with Crippen molar-refractivity contribution in [1.29, 1.82) is 0 Å². The van der Waals surface area contributed by atoms with E-state index in [-0.39, 0.29) is 16.9 Å². The summed E-state index contributed by atoms with van der Waals surface area (Å²) < 4.78 is 31.3. The van der Waals surface area contributed by atoms with Gasteiger partial charge in [0.1, 0.15) is 0 Å². The molecule has 0 bridgehead atoms. The lowest BCUT2D eigenvalue weighted by atomic mass is 10.00. The number of benzene rings is 1. The van der Waals surface area contributed by atoms with Crippen LogP contribution in [0.25, 0.3) is 0 Å². The van der Waals surface area contributed by atoms with E-state index < -0.39 is 9.84 Å². The second-order valence-corrected chi connectivity index (χ2v) is 10.5. The minimum Gasteiger partial charge on any atom is -0.378 e. The highest BCUT2D eigenvalue weighted by Crippen LogP contribution is 2.40. The topological polar surface area (TPSA) is 75.6 Å². The Morgan fingerprint density at radius 2 is 1.90 bits per heavy atom. The largest absolute Gasteiger partial charge is 0.378 e. The summed E-state index contributed by atoms with van der Waals surface area (Å²) in [6, 6.07) is 8.45. The van der Waals surface area contributed by atoms with Crippen LogP contribution in [0, 0.1) is 6.92 Å². The van der Waals surface area contributed by atoms with Gasteiger partial charge in [-0.25, -0.2) is 18.4 Å². The molecule has 3 aliphatic rings. The lowest BCUT2D eigenvalue weighted by Crippen LogP contribution is -2.39. The third-order valence-electron chi connectivity index (χ3n) is 6.22. The number of fused-ring (bicyclic) bond motifs is 3. The fraction of sp³-hybridized carbons (Fsp3) is 0.524. The fourth-order valence-corrected chi connectivity index (χ4v) is 6.66. The van der Waals surface area contributed by atoms with Gasteiger partial charge in [-0.05, 0) is 12.5 Å². The Labute approximate surface area is 171 Å². The zero-order valence-electron chi connectivity index (χ0n) is 16.6. The summed E-state index contributed by atoms with van der Waals surface area (Å²) in [6.45, 7) is 7.00. The molecule has 7 nitrogen and oxygen atoms in total. The van der Waals surface area contributed by atoms with Crippen LogP contribution in [-0.2, 0) is 26.9 Å². The Morgan fingerprint density at radius 1 is 1.14 bits per heavy atom. The van der Waals surface area contributed by atoms with Crippen molar-refractivity contribution < 1.29 is 13.2 Å². The molecule has 2 fully saturated rings. The molecule has 154 valence electrons. The first-order valence-electron chi connectivity index (χ1n) is 10.2. The van der Waals surface area contributed by atoms with Gasteiger partial charge in [0.15, 0.2) is 9.84 Å². The minimum atomic E-state index is -3.20. The van der Waals surface area contributed by atoms with E-state index >= 15 is 0 Å². The highest BCUT2D eigenvalue weighted by Gasteiger charge is 2.47. The predicted molar refractivity (Wildman–Crippen MR) is 111 cm³/mol. The summed E-state index contributed by atoms with van der Waals surface area (Å²) in [6.07, 6.45) is 1.73. The molecule has 2 aromatic rings. The summed E-state index contributed by atoms with van der Waals surface area (Å²) in [5, 5.41) is -0.382. The average Bonchev–Trinajstić information content (AvgIpc) is 3.15. The zero-order valence-corrected chi connectivity index (χ0v) is 17.4. The fourth-order valence-electron chi connectivity index (χ4n) is 4.64. The molecule has 3 aliphatic heterocycles. The van der Waals surface area contributed by atoms with E-state index in [4.69, 9.17) is 9.72 Å². The Kier molecular flexibility index (Phi) is 4.80. The first kappa shape index (κ1) is 19.0. The second kappa shape index (κ2) is 7.34. The smallest absolute Gasteiger partial charge is 0.225 e. The molecule has 0 saturated carbocycles. The lowest BCUT2D eigenvalue weighted by Gasteiger charge is -2.30. The van der Waals surface area contributed by atoms with Crippen molar-refractivity contribution in [1.82, 2.24) is 14.9 Å². The Morgan fingerprint density at radius 3 is 2.66 bits per heavy atom. The maximum Gasteiger partial charge on any atom is 0.225 e. The Hall–Kier alpha value is -2.03. The molecule has 0 unspecified atom stereocenters. The molecule has 0 radical (unpaired) electrons. The van der Waals surface area contributed by atoms with Crippen molar-refractivity contribution in [3.8, 4) is 0 Å². The van der Waals surface area contributed by atoms with Gasteiger partial charge in [-0.2, -0.15) is 0 Å². The number of ether oxygens (including phenoxy) is 1. The van der Waals surface area contributed by atoms with E-state index in [2.05, 4.69) is 46.0 Å². The number of anilines is 1. The molecule has 0 amide bonds. The van der Waals surface area contributed by atoms with Crippen LogP contribution in [0.3, 0.4) is 0 Å². The third-order valence-corrected chi connectivity index (χ3v) is 8.33. The van der Waals surface area contributed by atoms with Crippen LogP contribution >= 0.6 is 0 Å². The molecular weight excluding hydrogens is 388 g/mol. The first-order valence-corrected chi connectivity index (χ1v) is 11.9. The summed E-state index contributed by atoms with van der Waals surface area (Å²) in [5.41, 5.74) is 4.13. The number of hydrogen-bond acceptors (Lipinski definition) is 7. The van der Waals surface area contributed by atoms with Gasteiger partial charge < -0.3 is 9.64 Å². The van der Waals surface area contributed by atoms with Gasteiger partial charge in [0, 0.05) is 50.4 Å². The van der Waals surface area contributed by atoms with Gasteiger partial charge in [-0.15, -0.1) is 0 Å². The average molecular weight is 415 g/mol. The van der Waals surface area contributed by atoms with Gasteiger partial charge in [0.2, 0.25) is 5.95 Å². The summed E-state index contributed by atoms with van der Waals surface area (Å²) in [7, 11) is -3.20. The number of morpholine rings is 1. The molecule has 29 heavy (non-hydrogen) atoms. The highest BCUT2D eigenvalue weighted by atomic mass is 32.2. The lowest BCUT2D eigenvalue weighted by molar-refractivity contribution is 0.122. The van der Waals surface area contributed by atoms with Crippen LogP contribution in [0.2, 0.25) is 0 Å². The molecule has 0 spiro atoms. The van der Waals surface area contributed by atoms with E-state index in [0.717, 1.165) is 30.9 Å². The van der Waals surface area contributed by atoms with E-state index in [1.165, 1.54) is 11.1 Å². The molecule has 0 N–H and O–H groups in total. The summed E-state index contributed by atoms with van der Waals surface area (Å²) in [5.74, 6) is 0.657. The maximum atomic E-state index is 12.9. The molecule has 4 heterocycles. The number of sulfone groups is 1. The number of rotatable bonds is 3. The molecule has 0 aliphatic carbocycles. The van der Waals surface area contributed by atoms with Crippen molar-refractivity contribution in [2.24, 2.45) is 0 Å². The van der Waals surface area contributed by atoms with Crippen molar-refractivity contribution in [3.63, 3.8) is 0 Å². The molecule has 2 saturated heterocycles. The van der Waals surface area contributed by atoms with E-state index in [1.54, 1.807) is 6.20 Å². The third kappa shape index (κ3) is 3.65.